The van der Waals surface area contributed by atoms with E-state index in [1.165, 1.54) is 35.4 Å². The van der Waals surface area contributed by atoms with Crippen molar-refractivity contribution >= 4 is 23.6 Å². The van der Waals surface area contributed by atoms with Gasteiger partial charge in [-0.3, -0.25) is 4.79 Å². The van der Waals surface area contributed by atoms with Gasteiger partial charge >= 0.3 is 5.97 Å². The molecule has 0 spiro atoms. The first-order valence-corrected chi connectivity index (χ1v) is 6.99. The molecule has 1 amide bonds. The molecular formula is C12H15N3O3S. The van der Waals surface area contributed by atoms with Crippen molar-refractivity contribution in [3.05, 3.63) is 24.3 Å². The number of hydrogen-bond acceptors (Lipinski definition) is 5. The van der Waals surface area contributed by atoms with E-state index in [0.29, 0.717) is 11.3 Å². The summed E-state index contributed by atoms with van der Waals surface area (Å²) in [6.07, 6.45) is 4.16. The molecule has 0 aliphatic carbocycles. The van der Waals surface area contributed by atoms with E-state index in [0.717, 1.165) is 0 Å². The number of thioether (sulfide) groups is 1. The minimum absolute atomic E-state index is 0.131. The van der Waals surface area contributed by atoms with Crippen molar-refractivity contribution in [2.75, 3.05) is 5.75 Å². The molecule has 2 atom stereocenters. The fraction of sp³-hybridized carbons (Fsp3) is 0.500. The molecule has 0 saturated carbocycles. The van der Waals surface area contributed by atoms with E-state index in [2.05, 4.69) is 9.97 Å². The second kappa shape index (κ2) is 5.56. The van der Waals surface area contributed by atoms with Gasteiger partial charge in [-0.15, -0.1) is 11.8 Å². The molecule has 102 valence electrons. The van der Waals surface area contributed by atoms with Gasteiger partial charge in [0.15, 0.2) is 0 Å². The number of nitrogens with zero attached hydrogens (tertiary/aromatic N) is 3. The first-order chi connectivity index (χ1) is 9.02. The van der Waals surface area contributed by atoms with Gasteiger partial charge in [0.25, 0.3) is 5.91 Å². The normalized spacial score (nSPS) is 22.8. The molecule has 19 heavy (non-hydrogen) atoms. The van der Waals surface area contributed by atoms with Crippen molar-refractivity contribution in [3.8, 4) is 0 Å². The van der Waals surface area contributed by atoms with Crippen molar-refractivity contribution in [1.82, 2.24) is 14.9 Å². The Morgan fingerprint density at radius 2 is 2.05 bits per heavy atom. The number of hydrogen-bond donors (Lipinski definition) is 1. The predicted octanol–water partition coefficient (Wildman–Crippen LogP) is 1.10. The molecule has 7 heteroatoms. The fourth-order valence-corrected chi connectivity index (χ4v) is 3.52. The fourth-order valence-electron chi connectivity index (χ4n) is 2.05. The van der Waals surface area contributed by atoms with E-state index < -0.39 is 12.0 Å². The third-order valence-electron chi connectivity index (χ3n) is 2.93. The molecule has 6 nitrogen and oxygen atoms in total. The molecule has 1 fully saturated rings. The van der Waals surface area contributed by atoms with Crippen LogP contribution in [0.2, 0.25) is 0 Å². The van der Waals surface area contributed by atoms with Crippen LogP contribution in [0.4, 0.5) is 0 Å². The SMILES string of the molecule is CC(C)C1SCC(C(=O)O)N1C(=O)c1cncnc1. The average Bonchev–Trinajstić information content (AvgIpc) is 2.83. The van der Waals surface area contributed by atoms with Crippen molar-refractivity contribution in [3.63, 3.8) is 0 Å². The third kappa shape index (κ3) is 2.70. The smallest absolute Gasteiger partial charge is 0.327 e. The molecule has 0 radical (unpaired) electrons. The number of carbonyl (C=O) groups is 2. The van der Waals surface area contributed by atoms with Crippen molar-refractivity contribution < 1.29 is 14.7 Å². The largest absolute Gasteiger partial charge is 0.480 e. The number of carboxylic acids is 1. The van der Waals surface area contributed by atoms with Crippen LogP contribution in [-0.4, -0.2) is 49.0 Å². The predicted molar refractivity (Wildman–Crippen MR) is 70.7 cm³/mol. The Bertz CT molecular complexity index is 480. The summed E-state index contributed by atoms with van der Waals surface area (Å²) in [5.41, 5.74) is 0.321. The molecule has 1 saturated heterocycles. The highest BCUT2D eigenvalue weighted by Crippen LogP contribution is 2.35. The Morgan fingerprint density at radius 1 is 1.42 bits per heavy atom. The number of rotatable bonds is 3. The zero-order valence-corrected chi connectivity index (χ0v) is 11.5. The van der Waals surface area contributed by atoms with Gasteiger partial charge in [0.05, 0.1) is 10.9 Å². The van der Waals surface area contributed by atoms with Crippen molar-refractivity contribution in [2.24, 2.45) is 5.92 Å². The van der Waals surface area contributed by atoms with Crippen LogP contribution in [0.25, 0.3) is 0 Å². The summed E-state index contributed by atoms with van der Waals surface area (Å²) >= 11 is 1.50. The maximum atomic E-state index is 12.4. The summed E-state index contributed by atoms with van der Waals surface area (Å²) in [7, 11) is 0. The van der Waals surface area contributed by atoms with E-state index in [9.17, 15) is 14.7 Å². The lowest BCUT2D eigenvalue weighted by molar-refractivity contribution is -0.141. The molecule has 1 N–H and O–H groups in total. The summed E-state index contributed by atoms with van der Waals surface area (Å²) in [6.45, 7) is 3.95. The molecular weight excluding hydrogens is 266 g/mol. The van der Waals surface area contributed by atoms with Gasteiger partial charge in [-0.2, -0.15) is 0 Å². The highest BCUT2D eigenvalue weighted by Gasteiger charge is 2.43. The van der Waals surface area contributed by atoms with Crippen LogP contribution in [0.1, 0.15) is 24.2 Å². The zero-order chi connectivity index (χ0) is 14.0. The zero-order valence-electron chi connectivity index (χ0n) is 10.7. The Hall–Kier alpha value is -1.63. The van der Waals surface area contributed by atoms with Crippen LogP contribution in [0.3, 0.4) is 0 Å². The van der Waals surface area contributed by atoms with Crippen LogP contribution in [-0.2, 0) is 4.79 Å². The minimum Gasteiger partial charge on any atom is -0.480 e. The summed E-state index contributed by atoms with van der Waals surface area (Å²) in [6, 6.07) is -0.787. The molecule has 0 aromatic carbocycles. The second-order valence-corrected chi connectivity index (χ2v) is 5.81. The summed E-state index contributed by atoms with van der Waals surface area (Å²) < 4.78 is 0. The van der Waals surface area contributed by atoms with E-state index >= 15 is 0 Å². The maximum Gasteiger partial charge on any atom is 0.327 e. The molecule has 1 aliphatic heterocycles. The topological polar surface area (TPSA) is 83.4 Å². The molecule has 2 heterocycles. The van der Waals surface area contributed by atoms with Crippen molar-refractivity contribution in [2.45, 2.75) is 25.3 Å². The Morgan fingerprint density at radius 3 is 2.58 bits per heavy atom. The molecule has 1 aromatic rings. The number of aliphatic carboxylic acids is 1. The van der Waals surface area contributed by atoms with Crippen LogP contribution in [0, 0.1) is 5.92 Å². The minimum atomic E-state index is -0.971. The lowest BCUT2D eigenvalue weighted by Crippen LogP contribution is -2.47. The number of aromatic nitrogens is 2. The van der Waals surface area contributed by atoms with Gasteiger partial charge in [-0.25, -0.2) is 14.8 Å². The molecule has 1 aliphatic rings. The maximum absolute atomic E-state index is 12.4. The molecule has 2 rings (SSSR count). The average molecular weight is 281 g/mol. The van der Waals surface area contributed by atoms with Crippen LogP contribution >= 0.6 is 11.8 Å². The highest BCUT2D eigenvalue weighted by atomic mass is 32.2. The van der Waals surface area contributed by atoms with E-state index in [4.69, 9.17) is 0 Å². The van der Waals surface area contributed by atoms with Crippen molar-refractivity contribution in [1.29, 1.82) is 0 Å². The number of carboxylic acid groups (broad SMARTS) is 1. The number of carbonyl (C=O) groups excluding carboxylic acids is 1. The van der Waals surface area contributed by atoms with Gasteiger partial charge < -0.3 is 10.0 Å². The Labute approximate surface area is 115 Å². The van der Waals surface area contributed by atoms with Gasteiger partial charge in [-0.05, 0) is 5.92 Å². The Kier molecular flexibility index (Phi) is 4.04. The van der Waals surface area contributed by atoms with E-state index in [1.807, 2.05) is 13.8 Å². The van der Waals surface area contributed by atoms with E-state index in [1.54, 1.807) is 0 Å². The van der Waals surface area contributed by atoms with Crippen LogP contribution < -0.4 is 0 Å². The molecule has 0 bridgehead atoms. The van der Waals surface area contributed by atoms with Crippen LogP contribution in [0.15, 0.2) is 18.7 Å². The van der Waals surface area contributed by atoms with E-state index in [-0.39, 0.29) is 17.2 Å². The van der Waals surface area contributed by atoms with Gasteiger partial charge in [0, 0.05) is 18.1 Å². The third-order valence-corrected chi connectivity index (χ3v) is 4.55. The molecule has 2 unspecified atom stereocenters. The van der Waals surface area contributed by atoms with Gasteiger partial charge in [0.1, 0.15) is 12.4 Å². The standard InChI is InChI=1S/C12H15N3O3S/c1-7(2)11-15(9(5-19-11)12(17)18)10(16)8-3-13-6-14-4-8/h3-4,6-7,9,11H,5H2,1-2H3,(H,17,18). The lowest BCUT2D eigenvalue weighted by atomic mass is 10.1. The van der Waals surface area contributed by atoms with Gasteiger partial charge in [-0.1, -0.05) is 13.8 Å². The van der Waals surface area contributed by atoms with Gasteiger partial charge in [0.2, 0.25) is 0 Å². The lowest BCUT2D eigenvalue weighted by Gasteiger charge is -2.29. The second-order valence-electron chi connectivity index (χ2n) is 4.66. The quantitative estimate of drug-likeness (QED) is 0.893. The Balaban J connectivity index is 2.31. The number of amides is 1. The summed E-state index contributed by atoms with van der Waals surface area (Å²) in [4.78, 5) is 32.8. The molecule has 1 aromatic heterocycles. The monoisotopic (exact) mass is 281 g/mol. The first-order valence-electron chi connectivity index (χ1n) is 5.94. The van der Waals surface area contributed by atoms with Crippen LogP contribution in [0.5, 0.6) is 0 Å². The summed E-state index contributed by atoms with van der Waals surface area (Å²) in [5, 5.41) is 9.11. The summed E-state index contributed by atoms with van der Waals surface area (Å²) in [5.74, 6) is -0.696. The highest BCUT2D eigenvalue weighted by molar-refractivity contribution is 8.00. The first kappa shape index (κ1) is 13.8.